The molecule has 0 saturated heterocycles. The molecule has 0 radical (unpaired) electrons. The minimum Gasteiger partial charge on any atom is -0.397 e. The average Bonchev–Trinajstić information content (AvgIpc) is 2.42. The molecule has 1 amide bonds. The van der Waals surface area contributed by atoms with Crippen molar-refractivity contribution in [3.8, 4) is 0 Å². The van der Waals surface area contributed by atoms with E-state index in [0.717, 1.165) is 18.2 Å². The Labute approximate surface area is 114 Å². The monoisotopic (exact) mass is 277 g/mol. The predicted molar refractivity (Wildman–Crippen MR) is 70.9 cm³/mol. The molecule has 6 heteroatoms. The van der Waals surface area contributed by atoms with E-state index in [1.165, 1.54) is 18.3 Å². The maximum absolute atomic E-state index is 13.6. The van der Waals surface area contributed by atoms with Gasteiger partial charge in [-0.05, 0) is 37.3 Å². The lowest BCUT2D eigenvalue weighted by atomic mass is 10.1. The molecular formula is C14H13F2N3O. The van der Waals surface area contributed by atoms with E-state index >= 15 is 0 Å². The van der Waals surface area contributed by atoms with Crippen LogP contribution in [0.5, 0.6) is 0 Å². The van der Waals surface area contributed by atoms with Gasteiger partial charge in [-0.2, -0.15) is 0 Å². The highest BCUT2D eigenvalue weighted by atomic mass is 19.1. The van der Waals surface area contributed by atoms with E-state index in [1.54, 1.807) is 6.92 Å². The lowest BCUT2D eigenvalue weighted by Crippen LogP contribution is -2.28. The smallest absolute Gasteiger partial charge is 0.270 e. The van der Waals surface area contributed by atoms with Crippen LogP contribution in [0.25, 0.3) is 0 Å². The van der Waals surface area contributed by atoms with Crippen LogP contribution in [0.2, 0.25) is 0 Å². The highest BCUT2D eigenvalue weighted by Crippen LogP contribution is 2.18. The summed E-state index contributed by atoms with van der Waals surface area (Å²) in [5.74, 6) is -1.63. The third kappa shape index (κ3) is 3.09. The number of nitrogens with one attached hydrogen (secondary N) is 1. The first kappa shape index (κ1) is 13.9. The summed E-state index contributed by atoms with van der Waals surface area (Å²) < 4.78 is 26.7. The third-order valence-corrected chi connectivity index (χ3v) is 2.79. The van der Waals surface area contributed by atoms with Gasteiger partial charge >= 0.3 is 0 Å². The number of carbonyl (C=O) groups is 1. The summed E-state index contributed by atoms with van der Waals surface area (Å²) in [7, 11) is 0. The van der Waals surface area contributed by atoms with Crippen molar-refractivity contribution in [2.45, 2.75) is 13.0 Å². The fraction of sp³-hybridized carbons (Fsp3) is 0.143. The first-order valence-electron chi connectivity index (χ1n) is 5.94. The van der Waals surface area contributed by atoms with Crippen molar-refractivity contribution in [1.82, 2.24) is 10.3 Å². The van der Waals surface area contributed by atoms with E-state index in [-0.39, 0.29) is 11.3 Å². The molecule has 104 valence electrons. The van der Waals surface area contributed by atoms with Crippen LogP contribution < -0.4 is 11.1 Å². The van der Waals surface area contributed by atoms with Gasteiger partial charge in [-0.25, -0.2) is 13.8 Å². The molecule has 0 fully saturated rings. The zero-order valence-corrected chi connectivity index (χ0v) is 10.7. The summed E-state index contributed by atoms with van der Waals surface area (Å²) in [6, 6.07) is 5.41. The molecule has 4 nitrogen and oxygen atoms in total. The minimum atomic E-state index is -0.683. The van der Waals surface area contributed by atoms with E-state index in [2.05, 4.69) is 10.3 Å². The van der Waals surface area contributed by atoms with Crippen molar-refractivity contribution in [1.29, 1.82) is 0 Å². The summed E-state index contributed by atoms with van der Waals surface area (Å²) in [4.78, 5) is 15.8. The van der Waals surface area contributed by atoms with E-state index in [4.69, 9.17) is 5.73 Å². The molecule has 0 aliphatic rings. The van der Waals surface area contributed by atoms with Gasteiger partial charge in [-0.3, -0.25) is 4.79 Å². The SMILES string of the molecule is CC(NC(=O)c1ccc(N)cn1)c1cc(F)ccc1F. The number of nitrogens with zero attached hydrogens (tertiary/aromatic N) is 1. The van der Waals surface area contributed by atoms with Gasteiger partial charge in [0, 0.05) is 5.56 Å². The number of nitrogen functional groups attached to an aromatic ring is 1. The largest absolute Gasteiger partial charge is 0.397 e. The first-order valence-corrected chi connectivity index (χ1v) is 5.94. The molecule has 1 heterocycles. The van der Waals surface area contributed by atoms with Crippen LogP contribution in [-0.4, -0.2) is 10.9 Å². The standard InChI is InChI=1S/C14H13F2N3O/c1-8(11-6-9(15)2-4-12(11)16)19-14(20)13-5-3-10(17)7-18-13/h2-8H,17H2,1H3,(H,19,20). The van der Waals surface area contributed by atoms with Gasteiger partial charge < -0.3 is 11.1 Å². The summed E-state index contributed by atoms with van der Waals surface area (Å²) >= 11 is 0. The van der Waals surface area contributed by atoms with E-state index in [0.29, 0.717) is 5.69 Å². The van der Waals surface area contributed by atoms with Gasteiger partial charge in [-0.1, -0.05) is 0 Å². The Morgan fingerprint density at radius 1 is 1.30 bits per heavy atom. The van der Waals surface area contributed by atoms with Crippen molar-refractivity contribution < 1.29 is 13.6 Å². The van der Waals surface area contributed by atoms with Crippen molar-refractivity contribution in [2.24, 2.45) is 0 Å². The van der Waals surface area contributed by atoms with Crippen LogP contribution in [0.15, 0.2) is 36.5 Å². The Balaban J connectivity index is 2.15. The minimum absolute atomic E-state index is 0.0776. The second-order valence-electron chi connectivity index (χ2n) is 4.34. The third-order valence-electron chi connectivity index (χ3n) is 2.79. The number of hydrogen-bond donors (Lipinski definition) is 2. The number of carbonyl (C=O) groups excluding carboxylic acids is 1. The first-order chi connectivity index (χ1) is 9.47. The quantitative estimate of drug-likeness (QED) is 0.905. The van der Waals surface area contributed by atoms with Crippen LogP contribution in [0, 0.1) is 11.6 Å². The Morgan fingerprint density at radius 2 is 2.05 bits per heavy atom. The maximum Gasteiger partial charge on any atom is 0.270 e. The van der Waals surface area contributed by atoms with Gasteiger partial charge in [0.15, 0.2) is 0 Å². The molecule has 0 saturated carbocycles. The molecule has 2 rings (SSSR count). The van der Waals surface area contributed by atoms with Crippen LogP contribution in [0.1, 0.15) is 29.0 Å². The van der Waals surface area contributed by atoms with E-state index < -0.39 is 23.6 Å². The summed E-state index contributed by atoms with van der Waals surface area (Å²) in [5, 5.41) is 2.55. The highest BCUT2D eigenvalue weighted by Gasteiger charge is 2.16. The van der Waals surface area contributed by atoms with Crippen molar-refractivity contribution in [3.05, 3.63) is 59.4 Å². The predicted octanol–water partition coefficient (Wildman–Crippen LogP) is 2.43. The zero-order valence-electron chi connectivity index (χ0n) is 10.7. The number of halogens is 2. The molecule has 1 unspecified atom stereocenters. The molecule has 0 aliphatic heterocycles. The number of amides is 1. The van der Waals surface area contributed by atoms with Crippen LogP contribution in [0.4, 0.5) is 14.5 Å². The maximum atomic E-state index is 13.6. The summed E-state index contributed by atoms with van der Waals surface area (Å²) in [6.07, 6.45) is 1.35. The van der Waals surface area contributed by atoms with Gasteiger partial charge in [0.25, 0.3) is 5.91 Å². The molecule has 1 aromatic heterocycles. The Bertz CT molecular complexity index is 629. The Kier molecular flexibility index (Phi) is 3.93. The number of anilines is 1. The lowest BCUT2D eigenvalue weighted by molar-refractivity contribution is 0.0934. The average molecular weight is 277 g/mol. The fourth-order valence-corrected chi connectivity index (χ4v) is 1.73. The normalized spacial score (nSPS) is 11.9. The van der Waals surface area contributed by atoms with E-state index in [9.17, 15) is 13.6 Å². The summed E-state index contributed by atoms with van der Waals surface area (Å²) in [5.41, 5.74) is 6.14. The molecule has 0 spiro atoms. The number of aromatic nitrogens is 1. The second kappa shape index (κ2) is 5.64. The number of hydrogen-bond acceptors (Lipinski definition) is 3. The topological polar surface area (TPSA) is 68.0 Å². The molecule has 0 aliphatic carbocycles. The Hall–Kier alpha value is -2.50. The van der Waals surface area contributed by atoms with Crippen LogP contribution in [0.3, 0.4) is 0 Å². The molecule has 1 atom stereocenters. The van der Waals surface area contributed by atoms with Crippen LogP contribution >= 0.6 is 0 Å². The molecule has 2 aromatic rings. The number of nitrogens with two attached hydrogens (primary N) is 1. The molecule has 3 N–H and O–H groups in total. The highest BCUT2D eigenvalue weighted by molar-refractivity contribution is 5.92. The zero-order chi connectivity index (χ0) is 14.7. The van der Waals surface area contributed by atoms with Gasteiger partial charge in [0.2, 0.25) is 0 Å². The molecular weight excluding hydrogens is 264 g/mol. The van der Waals surface area contributed by atoms with Crippen molar-refractivity contribution in [3.63, 3.8) is 0 Å². The van der Waals surface area contributed by atoms with Gasteiger partial charge in [-0.15, -0.1) is 0 Å². The van der Waals surface area contributed by atoms with Gasteiger partial charge in [0.1, 0.15) is 17.3 Å². The van der Waals surface area contributed by atoms with Crippen molar-refractivity contribution >= 4 is 11.6 Å². The van der Waals surface area contributed by atoms with E-state index in [1.807, 2.05) is 0 Å². The number of pyridine rings is 1. The van der Waals surface area contributed by atoms with Crippen molar-refractivity contribution in [2.75, 3.05) is 5.73 Å². The second-order valence-corrected chi connectivity index (χ2v) is 4.34. The Morgan fingerprint density at radius 3 is 2.70 bits per heavy atom. The molecule has 1 aromatic carbocycles. The summed E-state index contributed by atoms with van der Waals surface area (Å²) in [6.45, 7) is 1.56. The number of benzene rings is 1. The lowest BCUT2D eigenvalue weighted by Gasteiger charge is -2.15. The number of rotatable bonds is 3. The molecule has 20 heavy (non-hydrogen) atoms. The van der Waals surface area contributed by atoms with Gasteiger partial charge in [0.05, 0.1) is 17.9 Å². The fourth-order valence-electron chi connectivity index (χ4n) is 1.73. The molecule has 0 bridgehead atoms. The van der Waals surface area contributed by atoms with Crippen LogP contribution in [-0.2, 0) is 0 Å².